The van der Waals surface area contributed by atoms with Crippen molar-refractivity contribution in [2.24, 2.45) is 0 Å². The molecule has 5 heteroatoms. The van der Waals surface area contributed by atoms with Gasteiger partial charge in [0.15, 0.2) is 0 Å². The Hall–Kier alpha value is -1.93. The fourth-order valence-corrected chi connectivity index (χ4v) is 2.96. The zero-order valence-electron chi connectivity index (χ0n) is 12.5. The second kappa shape index (κ2) is 8.38. The van der Waals surface area contributed by atoms with E-state index in [0.29, 0.717) is 17.2 Å². The van der Waals surface area contributed by atoms with Gasteiger partial charge in [-0.3, -0.25) is 0 Å². The molecule has 1 aromatic rings. The van der Waals surface area contributed by atoms with Crippen LogP contribution < -0.4 is 4.90 Å². The van der Waals surface area contributed by atoms with E-state index in [2.05, 4.69) is 24.1 Å². The smallest absolute Gasteiger partial charge is 0.328 e. The van der Waals surface area contributed by atoms with Gasteiger partial charge in [-0.05, 0) is 36.4 Å². The summed E-state index contributed by atoms with van der Waals surface area (Å²) < 4.78 is 0. The number of rotatable bonds is 7. The summed E-state index contributed by atoms with van der Waals surface area (Å²) in [7, 11) is 1.99. The number of carboxylic acid groups (broad SMARTS) is 1. The Balaban J connectivity index is 3.08. The zero-order valence-corrected chi connectivity index (χ0v) is 13.4. The molecule has 0 saturated carbocycles. The Morgan fingerprint density at radius 2 is 2.29 bits per heavy atom. The molecular formula is C16H20N2O2S. The number of anilines is 1. The highest BCUT2D eigenvalue weighted by atomic mass is 32.2. The normalized spacial score (nSPS) is 12.1. The fourth-order valence-electron chi connectivity index (χ4n) is 2.11. The monoisotopic (exact) mass is 304 g/mol. The molecule has 0 aliphatic carbocycles. The standard InChI is InChI=1S/C16H20N2O2S/c1-4-14(11-21-3)18(2)15-7-5-12(6-8-16(19)20)9-13(15)10-17/h5-9,14H,4,11H2,1-3H3,(H,19,20)/b8-6+. The van der Waals surface area contributed by atoms with Crippen molar-refractivity contribution in [3.05, 3.63) is 35.4 Å². The van der Waals surface area contributed by atoms with Crippen LogP contribution in [0.4, 0.5) is 5.69 Å². The average molecular weight is 304 g/mol. The summed E-state index contributed by atoms with van der Waals surface area (Å²) in [5, 5.41) is 18.0. The van der Waals surface area contributed by atoms with E-state index in [9.17, 15) is 10.1 Å². The summed E-state index contributed by atoms with van der Waals surface area (Å²) in [5.41, 5.74) is 2.15. The second-order valence-electron chi connectivity index (χ2n) is 4.69. The average Bonchev–Trinajstić information content (AvgIpc) is 2.49. The van der Waals surface area contributed by atoms with E-state index in [1.165, 1.54) is 6.08 Å². The molecule has 112 valence electrons. The highest BCUT2D eigenvalue weighted by molar-refractivity contribution is 7.98. The minimum atomic E-state index is -0.999. The zero-order chi connectivity index (χ0) is 15.8. The quantitative estimate of drug-likeness (QED) is 0.783. The van der Waals surface area contributed by atoms with Gasteiger partial charge >= 0.3 is 5.97 Å². The van der Waals surface area contributed by atoms with E-state index in [1.54, 1.807) is 17.8 Å². The van der Waals surface area contributed by atoms with Crippen LogP contribution in [0.25, 0.3) is 6.08 Å². The largest absolute Gasteiger partial charge is 0.478 e. The Morgan fingerprint density at radius 3 is 2.81 bits per heavy atom. The minimum absolute atomic E-state index is 0.368. The Kier molecular flexibility index (Phi) is 6.83. The van der Waals surface area contributed by atoms with E-state index in [4.69, 9.17) is 5.11 Å². The molecule has 0 aromatic heterocycles. The fraction of sp³-hybridized carbons (Fsp3) is 0.375. The third kappa shape index (κ3) is 4.83. The molecule has 0 fully saturated rings. The number of carboxylic acids is 1. The van der Waals surface area contributed by atoms with Crippen molar-refractivity contribution < 1.29 is 9.90 Å². The number of nitriles is 1. The summed E-state index contributed by atoms with van der Waals surface area (Å²) >= 11 is 1.78. The molecule has 1 rings (SSSR count). The number of aliphatic carboxylic acids is 1. The van der Waals surface area contributed by atoms with Gasteiger partial charge < -0.3 is 10.0 Å². The molecule has 0 amide bonds. The van der Waals surface area contributed by atoms with Gasteiger partial charge in [-0.1, -0.05) is 13.0 Å². The van der Waals surface area contributed by atoms with Crippen molar-refractivity contribution >= 4 is 29.5 Å². The van der Waals surface area contributed by atoms with Gasteiger partial charge in [-0.15, -0.1) is 0 Å². The number of carbonyl (C=O) groups is 1. The first-order valence-electron chi connectivity index (χ1n) is 6.70. The van der Waals surface area contributed by atoms with E-state index in [1.807, 2.05) is 19.2 Å². The summed E-state index contributed by atoms with van der Waals surface area (Å²) in [6, 6.07) is 7.99. The SMILES string of the molecule is CCC(CSC)N(C)c1ccc(/C=C/C(=O)O)cc1C#N. The molecule has 1 N–H and O–H groups in total. The molecule has 21 heavy (non-hydrogen) atoms. The second-order valence-corrected chi connectivity index (χ2v) is 5.60. The van der Waals surface area contributed by atoms with Gasteiger partial charge in [0.25, 0.3) is 0 Å². The van der Waals surface area contributed by atoms with E-state index >= 15 is 0 Å². The van der Waals surface area contributed by atoms with Crippen LogP contribution in [0, 0.1) is 11.3 Å². The number of hydrogen-bond donors (Lipinski definition) is 1. The minimum Gasteiger partial charge on any atom is -0.478 e. The van der Waals surface area contributed by atoms with Crippen LogP contribution in [0.15, 0.2) is 24.3 Å². The number of nitrogens with zero attached hydrogens (tertiary/aromatic N) is 2. The Labute approximate surface area is 130 Å². The molecule has 1 aromatic carbocycles. The van der Waals surface area contributed by atoms with Crippen molar-refractivity contribution in [2.75, 3.05) is 24.0 Å². The summed E-state index contributed by atoms with van der Waals surface area (Å²) in [6.45, 7) is 2.13. The molecular weight excluding hydrogens is 284 g/mol. The molecule has 0 bridgehead atoms. The Bertz CT molecular complexity index is 564. The molecule has 1 atom stereocenters. The van der Waals surface area contributed by atoms with Gasteiger partial charge in [0.05, 0.1) is 11.3 Å². The lowest BCUT2D eigenvalue weighted by atomic mass is 10.1. The van der Waals surface area contributed by atoms with Crippen LogP contribution in [0.2, 0.25) is 0 Å². The molecule has 0 aliphatic rings. The molecule has 1 unspecified atom stereocenters. The number of hydrogen-bond acceptors (Lipinski definition) is 4. The molecule has 0 heterocycles. The first-order chi connectivity index (χ1) is 10.0. The van der Waals surface area contributed by atoms with Gasteiger partial charge in [0, 0.05) is 24.9 Å². The topological polar surface area (TPSA) is 64.3 Å². The van der Waals surface area contributed by atoms with Crippen molar-refractivity contribution in [1.82, 2.24) is 0 Å². The van der Waals surface area contributed by atoms with Gasteiger partial charge in [-0.2, -0.15) is 17.0 Å². The highest BCUT2D eigenvalue weighted by Gasteiger charge is 2.16. The van der Waals surface area contributed by atoms with Crippen molar-refractivity contribution in [2.45, 2.75) is 19.4 Å². The lowest BCUT2D eigenvalue weighted by Crippen LogP contribution is -2.33. The number of benzene rings is 1. The maximum Gasteiger partial charge on any atom is 0.328 e. The first-order valence-corrected chi connectivity index (χ1v) is 8.09. The third-order valence-corrected chi connectivity index (χ3v) is 4.04. The van der Waals surface area contributed by atoms with E-state index in [0.717, 1.165) is 23.9 Å². The van der Waals surface area contributed by atoms with Crippen LogP contribution in [-0.2, 0) is 4.79 Å². The predicted molar refractivity (Wildman–Crippen MR) is 88.7 cm³/mol. The van der Waals surface area contributed by atoms with Crippen molar-refractivity contribution in [3.63, 3.8) is 0 Å². The summed E-state index contributed by atoms with van der Waals surface area (Å²) in [6.07, 6.45) is 5.64. The van der Waals surface area contributed by atoms with Gasteiger partial charge in [0.2, 0.25) is 0 Å². The van der Waals surface area contributed by atoms with Crippen LogP contribution in [-0.4, -0.2) is 36.2 Å². The van der Waals surface area contributed by atoms with Gasteiger partial charge in [-0.25, -0.2) is 4.79 Å². The lowest BCUT2D eigenvalue weighted by Gasteiger charge is -2.29. The summed E-state index contributed by atoms with van der Waals surface area (Å²) in [5.74, 6) is -0.000785. The van der Waals surface area contributed by atoms with Crippen LogP contribution in [0.3, 0.4) is 0 Å². The molecule has 0 aliphatic heterocycles. The first kappa shape index (κ1) is 17.1. The van der Waals surface area contributed by atoms with E-state index < -0.39 is 5.97 Å². The lowest BCUT2D eigenvalue weighted by molar-refractivity contribution is -0.131. The van der Waals surface area contributed by atoms with Crippen molar-refractivity contribution in [1.29, 1.82) is 5.26 Å². The predicted octanol–water partition coefficient (Wildman–Crippen LogP) is 3.23. The van der Waals surface area contributed by atoms with E-state index in [-0.39, 0.29) is 0 Å². The number of thioether (sulfide) groups is 1. The Morgan fingerprint density at radius 1 is 1.57 bits per heavy atom. The third-order valence-electron chi connectivity index (χ3n) is 3.32. The van der Waals surface area contributed by atoms with Crippen molar-refractivity contribution in [3.8, 4) is 6.07 Å². The molecule has 0 saturated heterocycles. The maximum atomic E-state index is 10.5. The van der Waals surface area contributed by atoms with Crippen LogP contribution >= 0.6 is 11.8 Å². The van der Waals surface area contributed by atoms with Gasteiger partial charge in [0.1, 0.15) is 6.07 Å². The maximum absolute atomic E-state index is 10.5. The highest BCUT2D eigenvalue weighted by Crippen LogP contribution is 2.24. The summed E-state index contributed by atoms with van der Waals surface area (Å²) in [4.78, 5) is 12.7. The molecule has 0 spiro atoms. The molecule has 4 nitrogen and oxygen atoms in total. The molecule has 0 radical (unpaired) electrons. The van der Waals surface area contributed by atoms with Crippen LogP contribution in [0.5, 0.6) is 0 Å². The van der Waals surface area contributed by atoms with Crippen LogP contribution in [0.1, 0.15) is 24.5 Å².